The molecule has 8 N–H and O–H groups in total. The van der Waals surface area contributed by atoms with Gasteiger partial charge in [0.25, 0.3) is 0 Å². The summed E-state index contributed by atoms with van der Waals surface area (Å²) in [4.78, 5) is 0. The summed E-state index contributed by atoms with van der Waals surface area (Å²) >= 11 is 0. The van der Waals surface area contributed by atoms with Crippen molar-refractivity contribution >= 4 is 0 Å². The van der Waals surface area contributed by atoms with Crippen LogP contribution in [0.15, 0.2) is 194 Å². The smallest absolute Gasteiger partial charge is 0.119 e. The maximum Gasteiger partial charge on any atom is 0.119 e. The Balaban J connectivity index is 0.000000301. The van der Waals surface area contributed by atoms with Crippen molar-refractivity contribution < 1.29 is 78.7 Å². The van der Waals surface area contributed by atoms with Crippen LogP contribution in [0.5, 0.6) is 46.0 Å². The second-order valence-corrected chi connectivity index (χ2v) is 43.1. The molecule has 4 aliphatic carbocycles. The third kappa shape index (κ3) is 56.8. The summed E-state index contributed by atoms with van der Waals surface area (Å²) in [5.74, 6) is 12.5. The van der Waals surface area contributed by atoms with E-state index in [0.717, 1.165) is 295 Å². The zero-order valence-corrected chi connectivity index (χ0v) is 96.7. The molecule has 0 unspecified atom stereocenters. The van der Waals surface area contributed by atoms with Gasteiger partial charge in [0.15, 0.2) is 0 Å². The molecule has 0 bridgehead atoms. The van der Waals surface area contributed by atoms with E-state index < -0.39 is 0 Å². The average molecular weight is 2080 g/mol. The molecule has 0 aliphatic heterocycles. The average Bonchev–Trinajstić information content (AvgIpc) is 1.53. The van der Waals surface area contributed by atoms with Gasteiger partial charge in [0.2, 0.25) is 0 Å². The molecule has 16 nitrogen and oxygen atoms in total. The Kier molecular flexibility index (Phi) is 73.5. The van der Waals surface area contributed by atoms with Crippen molar-refractivity contribution in [1.29, 1.82) is 0 Å². The Morgan fingerprint density at radius 1 is 0.180 bits per heavy atom. The molecule has 8 aromatic carbocycles. The number of rotatable bonds is 60. The van der Waals surface area contributed by atoms with E-state index >= 15 is 0 Å². The first kappa shape index (κ1) is 132. The fraction of sp³-hybridized carbons (Fsp3) is 0.642. The molecule has 0 heterocycles. The second-order valence-electron chi connectivity index (χ2n) is 43.1. The van der Waals surface area contributed by atoms with E-state index in [2.05, 4.69) is 111 Å². The van der Waals surface area contributed by atoms with Gasteiger partial charge in [-0.15, -0.1) is 0 Å². The summed E-state index contributed by atoms with van der Waals surface area (Å²) in [5.41, 5.74) is 7.74. The van der Waals surface area contributed by atoms with Gasteiger partial charge >= 0.3 is 0 Å². The lowest BCUT2D eigenvalue weighted by molar-refractivity contribution is 0.165. The first-order valence-electron chi connectivity index (χ1n) is 60.3. The summed E-state index contributed by atoms with van der Waals surface area (Å²) in [6.45, 7) is 40.8. The Bertz CT molecular complexity index is 4130. The summed E-state index contributed by atoms with van der Waals surface area (Å²) in [6.07, 6.45) is 49.8. The maximum absolute atomic E-state index is 10.0. The molecular weight excluding hydrogens is 1870 g/mol. The highest BCUT2D eigenvalue weighted by Gasteiger charge is 2.23. The van der Waals surface area contributed by atoms with E-state index in [9.17, 15) is 40.9 Å². The molecule has 4 fully saturated rings. The molecule has 844 valence electrons. The summed E-state index contributed by atoms with van der Waals surface area (Å²) in [7, 11) is 0. The van der Waals surface area contributed by atoms with Crippen molar-refractivity contribution in [3.8, 4) is 46.0 Å². The largest absolute Gasteiger partial charge is 0.493 e. The Hall–Kier alpha value is -8.16. The third-order valence-corrected chi connectivity index (χ3v) is 29.8. The highest BCUT2D eigenvalue weighted by molar-refractivity contribution is 5.36. The van der Waals surface area contributed by atoms with Crippen molar-refractivity contribution in [2.75, 3.05) is 52.9 Å². The Labute approximate surface area is 912 Å². The van der Waals surface area contributed by atoms with E-state index in [1.165, 1.54) is 167 Å². The lowest BCUT2D eigenvalue weighted by Crippen LogP contribution is -2.15. The second kappa shape index (κ2) is 83.3. The normalized spacial score (nSPS) is 15.3. The molecule has 150 heavy (non-hydrogen) atoms. The summed E-state index contributed by atoms with van der Waals surface area (Å²) < 4.78 is 47.0. The van der Waals surface area contributed by atoms with Crippen LogP contribution in [0.4, 0.5) is 0 Å². The number of ether oxygens (including phenoxy) is 8. The zero-order chi connectivity index (χ0) is 109. The van der Waals surface area contributed by atoms with Crippen LogP contribution in [0, 0.1) is 47.3 Å². The van der Waals surface area contributed by atoms with Gasteiger partial charge in [-0.2, -0.15) is 0 Å². The molecule has 4 aliphatic rings. The number of hydrogen-bond donors (Lipinski definition) is 8. The summed E-state index contributed by atoms with van der Waals surface area (Å²) in [6, 6.07) is 63.2. The number of aliphatic hydroxyl groups excluding tert-OH is 8. The van der Waals surface area contributed by atoms with Crippen LogP contribution < -0.4 is 37.9 Å². The number of benzene rings is 8. The highest BCUT2D eigenvalue weighted by Crippen LogP contribution is 2.36. The minimum Gasteiger partial charge on any atom is -0.493 e. The van der Waals surface area contributed by atoms with Crippen LogP contribution in [0.1, 0.15) is 499 Å². The predicted octanol–water partition coefficient (Wildman–Crippen LogP) is 36.0. The topological polar surface area (TPSA) is 236 Å². The van der Waals surface area contributed by atoms with Crippen molar-refractivity contribution in [2.24, 2.45) is 47.3 Å². The number of hydrogen-bond acceptors (Lipinski definition) is 16. The van der Waals surface area contributed by atoms with Crippen LogP contribution in [0.2, 0.25) is 0 Å². The van der Waals surface area contributed by atoms with Crippen molar-refractivity contribution in [2.45, 2.75) is 455 Å². The van der Waals surface area contributed by atoms with Gasteiger partial charge < -0.3 is 78.7 Å². The molecule has 0 aromatic heterocycles. The Morgan fingerprint density at radius 3 is 0.467 bits per heavy atom. The van der Waals surface area contributed by atoms with Crippen LogP contribution >= 0.6 is 0 Å². The standard InChI is InChI=1S/2C18H30O2.2C17H26O2.2C16H24O2.2C16H26O2/c2*1-4-8-15(9-5-2)14-20-17-12-7-11-16(13-17)18(19)10-6-3;2*1-2-7-17(18)15-10-6-11-16(12-15)19-13-14-8-4-3-5-9-14;2*1-2-6-16(17)14-9-5-10-15(11-14)18-12-13-7-3-4-8-13;2*1-4-8-16(17)14-9-7-10-15(11-14)18-12-13(5-2)6-3/h2*7,11-13,15,18-19H,4-6,8-10,14H2,1-3H3;2*6,10-12,14,17-18H,2-5,7-9,13H2,1H3;2*5,9-11,13,16-17H,2-4,6-8,12H2,1H3;2*7,9-11,13,16-17H,4-6,8,12H2,1-3H3/t2*18-;2*17-;4*16-/m10101010/s1. The van der Waals surface area contributed by atoms with Crippen molar-refractivity contribution in [3.05, 3.63) is 239 Å². The van der Waals surface area contributed by atoms with Crippen LogP contribution in [-0.4, -0.2) is 93.7 Å². The van der Waals surface area contributed by atoms with E-state index in [1.807, 2.05) is 194 Å². The van der Waals surface area contributed by atoms with Crippen LogP contribution in [0.3, 0.4) is 0 Å². The van der Waals surface area contributed by atoms with E-state index in [1.54, 1.807) is 0 Å². The van der Waals surface area contributed by atoms with Gasteiger partial charge in [0.05, 0.1) is 102 Å². The molecule has 0 spiro atoms. The van der Waals surface area contributed by atoms with Gasteiger partial charge in [-0.3, -0.25) is 0 Å². The third-order valence-electron chi connectivity index (χ3n) is 29.8. The molecule has 8 atom stereocenters. The van der Waals surface area contributed by atoms with Crippen LogP contribution in [-0.2, 0) is 0 Å². The van der Waals surface area contributed by atoms with Gasteiger partial charge in [-0.25, -0.2) is 0 Å². The monoisotopic (exact) mass is 2080 g/mol. The van der Waals surface area contributed by atoms with Gasteiger partial charge in [0, 0.05) is 0 Å². The van der Waals surface area contributed by atoms with E-state index in [0.29, 0.717) is 23.7 Å². The van der Waals surface area contributed by atoms with Gasteiger partial charge in [-0.1, -0.05) is 375 Å². The SMILES string of the molecule is CCCC(CCC)COc1cccc([C@@H](O)CCC)c1.CCCC(CCC)COc1cccc([C@H](O)CCC)c1.CCC[C@@H](O)c1cccc(OCC(CC)CC)c1.CCC[C@@H](O)c1cccc(OCC2CCCC2)c1.CCC[C@@H](O)c1cccc(OCC2CCCCC2)c1.CCC[C@H](O)c1cccc(OCC(CC)CC)c1.CCC[C@H](O)c1cccc(OCC2CCCC2)c1.CCC[C@H](O)c1cccc(OCC2CCCCC2)c1. The quantitative estimate of drug-likeness (QED) is 0.0177. The molecule has 12 rings (SSSR count). The predicted molar refractivity (Wildman–Crippen MR) is 626 cm³/mol. The molecule has 0 amide bonds. The maximum atomic E-state index is 10.0. The lowest BCUT2D eigenvalue weighted by Gasteiger charge is -2.22. The van der Waals surface area contributed by atoms with E-state index in [-0.39, 0.29) is 48.8 Å². The highest BCUT2D eigenvalue weighted by atomic mass is 16.5. The molecule has 0 radical (unpaired) electrons. The molecule has 4 saturated carbocycles. The first-order chi connectivity index (χ1) is 73.0. The van der Waals surface area contributed by atoms with Crippen molar-refractivity contribution in [3.63, 3.8) is 0 Å². The molecule has 8 aromatic rings. The number of aliphatic hydroxyl groups is 8. The molecular formula is C134H212O16. The van der Waals surface area contributed by atoms with Gasteiger partial charge in [-0.05, 0) is 317 Å². The Morgan fingerprint density at radius 2 is 0.320 bits per heavy atom. The minimum atomic E-state index is -0.370. The fourth-order valence-electron chi connectivity index (χ4n) is 20.1. The summed E-state index contributed by atoms with van der Waals surface area (Å²) in [5, 5.41) is 79.9. The zero-order valence-electron chi connectivity index (χ0n) is 96.7. The first-order valence-corrected chi connectivity index (χ1v) is 60.3. The van der Waals surface area contributed by atoms with Crippen LogP contribution in [0.25, 0.3) is 0 Å². The van der Waals surface area contributed by atoms with E-state index in [4.69, 9.17) is 37.9 Å². The molecule has 0 saturated heterocycles. The fourth-order valence-corrected chi connectivity index (χ4v) is 20.1. The molecule has 16 heteroatoms. The lowest BCUT2D eigenvalue weighted by atomic mass is 9.90. The minimum absolute atomic E-state index is 0.356. The van der Waals surface area contributed by atoms with Crippen molar-refractivity contribution in [1.82, 2.24) is 0 Å². The van der Waals surface area contributed by atoms with Gasteiger partial charge in [0.1, 0.15) is 46.0 Å².